The maximum Gasteiger partial charge on any atom is 0.132 e. The summed E-state index contributed by atoms with van der Waals surface area (Å²) in [6.45, 7) is 8.68. The highest BCUT2D eigenvalue weighted by atomic mass is 19.1. The first kappa shape index (κ1) is 15.5. The molecule has 0 saturated carbocycles. The van der Waals surface area contributed by atoms with Gasteiger partial charge in [-0.2, -0.15) is 0 Å². The quantitative estimate of drug-likeness (QED) is 0.889. The highest BCUT2D eigenvalue weighted by molar-refractivity contribution is 5.45. The van der Waals surface area contributed by atoms with Crippen molar-refractivity contribution in [2.24, 2.45) is 5.73 Å². The van der Waals surface area contributed by atoms with Crippen molar-refractivity contribution >= 4 is 0 Å². The minimum absolute atomic E-state index is 0.0358. The lowest BCUT2D eigenvalue weighted by molar-refractivity contribution is 0.448. The molecule has 2 nitrogen and oxygen atoms in total. The van der Waals surface area contributed by atoms with Crippen molar-refractivity contribution in [1.29, 1.82) is 0 Å². The van der Waals surface area contributed by atoms with E-state index in [1.54, 1.807) is 6.07 Å². The molecule has 0 heterocycles. The number of hydrogen-bond donors (Lipinski definition) is 1. The Labute approximate surface area is 125 Å². The molecule has 2 aromatic rings. The van der Waals surface area contributed by atoms with E-state index in [0.717, 1.165) is 16.9 Å². The lowest BCUT2D eigenvalue weighted by Gasteiger charge is -2.23. The summed E-state index contributed by atoms with van der Waals surface area (Å²) in [5.74, 6) is 1.10. The molecule has 2 aromatic carbocycles. The van der Waals surface area contributed by atoms with Crippen LogP contribution < -0.4 is 10.5 Å². The van der Waals surface area contributed by atoms with E-state index in [0.29, 0.717) is 11.3 Å². The van der Waals surface area contributed by atoms with Gasteiger partial charge in [-0.15, -0.1) is 0 Å². The second-order valence-electron chi connectivity index (χ2n) is 6.31. The van der Waals surface area contributed by atoms with E-state index in [1.165, 1.54) is 12.1 Å². The van der Waals surface area contributed by atoms with E-state index in [2.05, 4.69) is 32.9 Å². The van der Waals surface area contributed by atoms with Gasteiger partial charge in [-0.1, -0.05) is 32.9 Å². The summed E-state index contributed by atoms with van der Waals surface area (Å²) >= 11 is 0. The van der Waals surface area contributed by atoms with Gasteiger partial charge in [-0.05, 0) is 42.2 Å². The largest absolute Gasteiger partial charge is 0.457 e. The Bertz CT molecular complexity index is 644. The lowest BCUT2D eigenvalue weighted by Crippen LogP contribution is -2.13. The molecule has 2 N–H and O–H groups in total. The standard InChI is InChI=1S/C18H22FNO/c1-12-5-7-15(18(2,3)4)17(9-12)21-16-8-6-14(19)10-13(16)11-20/h5-10H,11,20H2,1-4H3. The van der Waals surface area contributed by atoms with Crippen LogP contribution in [0.5, 0.6) is 11.5 Å². The molecule has 2 rings (SSSR count). The zero-order valence-corrected chi connectivity index (χ0v) is 13.0. The first-order valence-corrected chi connectivity index (χ1v) is 7.09. The molecule has 0 saturated heterocycles. The summed E-state index contributed by atoms with van der Waals surface area (Å²) in [5, 5.41) is 0. The molecule has 3 heteroatoms. The first-order chi connectivity index (χ1) is 9.81. The van der Waals surface area contributed by atoms with Gasteiger partial charge in [0.2, 0.25) is 0 Å². The van der Waals surface area contributed by atoms with Gasteiger partial charge in [0, 0.05) is 17.7 Å². The summed E-state index contributed by atoms with van der Waals surface area (Å²) in [6, 6.07) is 10.6. The van der Waals surface area contributed by atoms with Crippen LogP contribution in [0, 0.1) is 12.7 Å². The van der Waals surface area contributed by atoms with Gasteiger partial charge in [0.25, 0.3) is 0 Å². The van der Waals surface area contributed by atoms with E-state index >= 15 is 0 Å². The predicted octanol–water partition coefficient (Wildman–Crippen LogP) is 4.68. The molecule has 0 unspecified atom stereocenters. The normalized spacial score (nSPS) is 11.5. The van der Waals surface area contributed by atoms with Crippen LogP contribution in [0.2, 0.25) is 0 Å². The maximum atomic E-state index is 13.3. The average Bonchev–Trinajstić information content (AvgIpc) is 2.39. The van der Waals surface area contributed by atoms with E-state index < -0.39 is 0 Å². The van der Waals surface area contributed by atoms with Gasteiger partial charge in [-0.25, -0.2) is 4.39 Å². The molecular formula is C18H22FNO. The molecule has 0 aliphatic heterocycles. The van der Waals surface area contributed by atoms with Crippen LogP contribution in [-0.2, 0) is 12.0 Å². The summed E-state index contributed by atoms with van der Waals surface area (Å²) in [4.78, 5) is 0. The zero-order chi connectivity index (χ0) is 15.6. The van der Waals surface area contributed by atoms with Crippen molar-refractivity contribution in [2.75, 3.05) is 0 Å². The zero-order valence-electron chi connectivity index (χ0n) is 13.0. The monoisotopic (exact) mass is 287 g/mol. The van der Waals surface area contributed by atoms with Crippen molar-refractivity contribution in [3.8, 4) is 11.5 Å². The van der Waals surface area contributed by atoms with Gasteiger partial charge in [0.05, 0.1) is 0 Å². The molecular weight excluding hydrogens is 265 g/mol. The van der Waals surface area contributed by atoms with Crippen LogP contribution in [0.3, 0.4) is 0 Å². The topological polar surface area (TPSA) is 35.2 Å². The summed E-state index contributed by atoms with van der Waals surface area (Å²) in [7, 11) is 0. The van der Waals surface area contributed by atoms with Crippen LogP contribution in [0.1, 0.15) is 37.5 Å². The van der Waals surface area contributed by atoms with Gasteiger partial charge in [-0.3, -0.25) is 0 Å². The second-order valence-corrected chi connectivity index (χ2v) is 6.31. The number of halogens is 1. The van der Waals surface area contributed by atoms with Gasteiger partial charge < -0.3 is 10.5 Å². The Kier molecular flexibility index (Phi) is 4.33. The summed E-state index contributed by atoms with van der Waals surface area (Å²) < 4.78 is 19.3. The number of aryl methyl sites for hydroxylation is 1. The van der Waals surface area contributed by atoms with Crippen LogP contribution in [0.25, 0.3) is 0 Å². The molecule has 0 fully saturated rings. The van der Waals surface area contributed by atoms with Crippen LogP contribution in [-0.4, -0.2) is 0 Å². The SMILES string of the molecule is Cc1ccc(C(C)(C)C)c(Oc2ccc(F)cc2CN)c1. The van der Waals surface area contributed by atoms with E-state index in [1.807, 2.05) is 13.0 Å². The van der Waals surface area contributed by atoms with Gasteiger partial charge >= 0.3 is 0 Å². The number of nitrogens with two attached hydrogens (primary N) is 1. The van der Waals surface area contributed by atoms with E-state index in [9.17, 15) is 4.39 Å². The highest BCUT2D eigenvalue weighted by Gasteiger charge is 2.20. The molecule has 0 bridgehead atoms. The van der Waals surface area contributed by atoms with Crippen LogP contribution in [0.4, 0.5) is 4.39 Å². The number of hydrogen-bond acceptors (Lipinski definition) is 2. The first-order valence-electron chi connectivity index (χ1n) is 7.09. The second kappa shape index (κ2) is 5.86. The fourth-order valence-corrected chi connectivity index (χ4v) is 2.26. The summed E-state index contributed by atoms with van der Waals surface area (Å²) in [5.41, 5.74) is 8.54. The Hall–Kier alpha value is -1.87. The third-order valence-corrected chi connectivity index (χ3v) is 3.41. The molecule has 112 valence electrons. The highest BCUT2D eigenvalue weighted by Crippen LogP contribution is 2.36. The minimum atomic E-state index is -0.303. The lowest BCUT2D eigenvalue weighted by atomic mass is 9.86. The predicted molar refractivity (Wildman–Crippen MR) is 84.2 cm³/mol. The molecule has 0 aliphatic carbocycles. The van der Waals surface area contributed by atoms with Crippen molar-refractivity contribution in [3.05, 3.63) is 58.9 Å². The number of rotatable bonds is 3. The van der Waals surface area contributed by atoms with Crippen LogP contribution in [0.15, 0.2) is 36.4 Å². The Morgan fingerprint density at radius 2 is 1.76 bits per heavy atom. The third-order valence-electron chi connectivity index (χ3n) is 3.41. The fourth-order valence-electron chi connectivity index (χ4n) is 2.26. The Morgan fingerprint density at radius 1 is 1.05 bits per heavy atom. The van der Waals surface area contributed by atoms with Crippen molar-refractivity contribution in [3.63, 3.8) is 0 Å². The van der Waals surface area contributed by atoms with Crippen molar-refractivity contribution < 1.29 is 9.13 Å². The van der Waals surface area contributed by atoms with Gasteiger partial charge in [0.1, 0.15) is 17.3 Å². The summed E-state index contributed by atoms with van der Waals surface area (Å²) in [6.07, 6.45) is 0. The Morgan fingerprint density at radius 3 is 2.38 bits per heavy atom. The minimum Gasteiger partial charge on any atom is -0.457 e. The molecule has 0 atom stereocenters. The smallest absolute Gasteiger partial charge is 0.132 e. The molecule has 0 spiro atoms. The van der Waals surface area contributed by atoms with Crippen LogP contribution >= 0.6 is 0 Å². The Balaban J connectivity index is 2.46. The molecule has 0 aliphatic rings. The van der Waals surface area contributed by atoms with E-state index in [-0.39, 0.29) is 17.8 Å². The van der Waals surface area contributed by atoms with Gasteiger partial charge in [0.15, 0.2) is 0 Å². The fraction of sp³-hybridized carbons (Fsp3) is 0.333. The average molecular weight is 287 g/mol. The molecule has 0 radical (unpaired) electrons. The maximum absolute atomic E-state index is 13.3. The molecule has 0 aromatic heterocycles. The van der Waals surface area contributed by atoms with E-state index in [4.69, 9.17) is 10.5 Å². The third kappa shape index (κ3) is 3.61. The number of ether oxygens (including phenoxy) is 1. The van der Waals surface area contributed by atoms with Crippen molar-refractivity contribution in [1.82, 2.24) is 0 Å². The number of benzene rings is 2. The molecule has 0 amide bonds. The molecule has 21 heavy (non-hydrogen) atoms. The van der Waals surface area contributed by atoms with Crippen molar-refractivity contribution in [2.45, 2.75) is 39.7 Å².